The molecule has 1 aromatic rings. The van der Waals surface area contributed by atoms with Gasteiger partial charge in [0.1, 0.15) is 22.6 Å². The summed E-state index contributed by atoms with van der Waals surface area (Å²) < 4.78 is 12.1. The molecule has 1 fully saturated rings. The molecular formula is C17H23N3O5. The zero-order valence-electron chi connectivity index (χ0n) is 14.9. The average Bonchev–Trinajstić information content (AvgIpc) is 2.76. The molecule has 0 bridgehead atoms. The average molecular weight is 349 g/mol. The summed E-state index contributed by atoms with van der Waals surface area (Å²) in [5.74, 6) is -0.277. The Morgan fingerprint density at radius 2 is 1.96 bits per heavy atom. The molecule has 0 unspecified atom stereocenters. The van der Waals surface area contributed by atoms with E-state index in [0.29, 0.717) is 37.3 Å². The van der Waals surface area contributed by atoms with E-state index in [1.165, 1.54) is 10.6 Å². The van der Waals surface area contributed by atoms with Gasteiger partial charge >= 0.3 is 6.09 Å². The van der Waals surface area contributed by atoms with Gasteiger partial charge in [-0.1, -0.05) is 0 Å². The predicted octanol–water partition coefficient (Wildman–Crippen LogP) is 1.71. The second-order valence-corrected chi connectivity index (χ2v) is 7.46. The number of ether oxygens (including phenoxy) is 2. The van der Waals surface area contributed by atoms with Crippen molar-refractivity contribution in [3.8, 4) is 0 Å². The van der Waals surface area contributed by atoms with Crippen molar-refractivity contribution in [2.75, 3.05) is 18.5 Å². The molecule has 136 valence electrons. The van der Waals surface area contributed by atoms with E-state index in [0.717, 1.165) is 0 Å². The molecule has 25 heavy (non-hydrogen) atoms. The number of nitrogens with one attached hydrogen (secondary N) is 2. The maximum absolute atomic E-state index is 13.0. The van der Waals surface area contributed by atoms with Crippen LogP contribution in [0.5, 0.6) is 0 Å². The predicted molar refractivity (Wildman–Crippen MR) is 90.8 cm³/mol. The third-order valence-corrected chi connectivity index (χ3v) is 4.34. The summed E-state index contributed by atoms with van der Waals surface area (Å²) in [7, 11) is 0. The van der Waals surface area contributed by atoms with Gasteiger partial charge in [-0.15, -0.1) is 0 Å². The van der Waals surface area contributed by atoms with Crippen LogP contribution in [0.1, 0.15) is 49.7 Å². The first-order valence-corrected chi connectivity index (χ1v) is 8.30. The van der Waals surface area contributed by atoms with Crippen molar-refractivity contribution in [1.29, 1.82) is 0 Å². The fourth-order valence-corrected chi connectivity index (χ4v) is 3.32. The largest absolute Gasteiger partial charge is 0.444 e. The smallest absolute Gasteiger partial charge is 0.412 e. The Bertz CT molecular complexity index is 785. The van der Waals surface area contributed by atoms with Crippen molar-refractivity contribution in [2.45, 2.75) is 51.8 Å². The summed E-state index contributed by atoms with van der Waals surface area (Å²) in [6.07, 6.45) is 0.296. The number of amides is 2. The molecule has 1 spiro atoms. The number of hydrogen-bond acceptors (Lipinski definition) is 5. The molecule has 1 aromatic heterocycles. The Kier molecular flexibility index (Phi) is 4.10. The molecule has 2 N–H and O–H groups in total. The molecule has 1 saturated heterocycles. The SMILES string of the molecule is Cc1cc(NC(=O)OC(C)(C)C)c(=O)n2c1C(=O)NC21CCOCC1. The lowest BCUT2D eigenvalue weighted by atomic mass is 10.0. The van der Waals surface area contributed by atoms with Gasteiger partial charge in [0, 0.05) is 12.8 Å². The van der Waals surface area contributed by atoms with E-state index in [9.17, 15) is 14.4 Å². The van der Waals surface area contributed by atoms with Crippen LogP contribution in [0.2, 0.25) is 0 Å². The van der Waals surface area contributed by atoms with Crippen molar-refractivity contribution in [1.82, 2.24) is 9.88 Å². The normalized spacial score (nSPS) is 18.6. The van der Waals surface area contributed by atoms with Crippen LogP contribution in [0.15, 0.2) is 10.9 Å². The van der Waals surface area contributed by atoms with E-state index in [1.54, 1.807) is 27.7 Å². The van der Waals surface area contributed by atoms with Crippen molar-refractivity contribution in [2.24, 2.45) is 0 Å². The highest BCUT2D eigenvalue weighted by atomic mass is 16.6. The summed E-state index contributed by atoms with van der Waals surface area (Å²) >= 11 is 0. The minimum Gasteiger partial charge on any atom is -0.444 e. The van der Waals surface area contributed by atoms with E-state index in [1.807, 2.05) is 0 Å². The molecule has 0 saturated carbocycles. The second kappa shape index (κ2) is 5.87. The molecule has 0 aliphatic carbocycles. The Hall–Kier alpha value is -2.35. The van der Waals surface area contributed by atoms with Crippen LogP contribution in [0, 0.1) is 6.92 Å². The van der Waals surface area contributed by atoms with Gasteiger partial charge in [0.2, 0.25) is 0 Å². The lowest BCUT2D eigenvalue weighted by molar-refractivity contribution is 0.0120. The number of anilines is 1. The van der Waals surface area contributed by atoms with Crippen LogP contribution in [0.4, 0.5) is 10.5 Å². The number of aromatic nitrogens is 1. The van der Waals surface area contributed by atoms with E-state index < -0.39 is 22.9 Å². The van der Waals surface area contributed by atoms with Crippen molar-refractivity contribution in [3.63, 3.8) is 0 Å². The van der Waals surface area contributed by atoms with Crippen LogP contribution in [-0.2, 0) is 15.1 Å². The van der Waals surface area contributed by atoms with Crippen LogP contribution < -0.4 is 16.2 Å². The summed E-state index contributed by atoms with van der Waals surface area (Å²) in [4.78, 5) is 37.4. The number of carbonyl (C=O) groups excluding carboxylic acids is 2. The molecule has 0 radical (unpaired) electrons. The van der Waals surface area contributed by atoms with Crippen LogP contribution in [0.3, 0.4) is 0 Å². The highest BCUT2D eigenvalue weighted by Gasteiger charge is 2.45. The number of carbonyl (C=O) groups is 2. The number of rotatable bonds is 1. The maximum atomic E-state index is 13.0. The molecule has 2 aliphatic heterocycles. The molecular weight excluding hydrogens is 326 g/mol. The molecule has 8 heteroatoms. The molecule has 0 atom stereocenters. The number of aryl methyl sites for hydroxylation is 1. The maximum Gasteiger partial charge on any atom is 0.412 e. The first-order valence-electron chi connectivity index (χ1n) is 8.30. The zero-order chi connectivity index (χ0) is 18.4. The third kappa shape index (κ3) is 3.13. The molecule has 3 rings (SSSR count). The van der Waals surface area contributed by atoms with Crippen molar-refractivity contribution in [3.05, 3.63) is 27.7 Å². The number of hydrogen-bond donors (Lipinski definition) is 2. The van der Waals surface area contributed by atoms with E-state index in [4.69, 9.17) is 9.47 Å². The monoisotopic (exact) mass is 349 g/mol. The van der Waals surface area contributed by atoms with Gasteiger partial charge in [-0.05, 0) is 39.3 Å². The fourth-order valence-electron chi connectivity index (χ4n) is 3.32. The molecule has 3 heterocycles. The van der Waals surface area contributed by atoms with Gasteiger partial charge in [0.25, 0.3) is 11.5 Å². The molecule has 2 aliphatic rings. The zero-order valence-corrected chi connectivity index (χ0v) is 14.9. The Labute approximate surface area is 145 Å². The lowest BCUT2D eigenvalue weighted by Crippen LogP contribution is -2.51. The highest BCUT2D eigenvalue weighted by molar-refractivity contribution is 5.97. The van der Waals surface area contributed by atoms with Crippen LogP contribution in [0.25, 0.3) is 0 Å². The minimum absolute atomic E-state index is 0.0952. The van der Waals surface area contributed by atoms with Crippen LogP contribution >= 0.6 is 0 Å². The van der Waals surface area contributed by atoms with E-state index >= 15 is 0 Å². The van der Waals surface area contributed by atoms with Gasteiger partial charge in [-0.2, -0.15) is 0 Å². The Balaban J connectivity index is 2.03. The van der Waals surface area contributed by atoms with Gasteiger partial charge < -0.3 is 14.8 Å². The summed E-state index contributed by atoms with van der Waals surface area (Å²) in [5, 5.41) is 5.44. The fraction of sp³-hybridized carbons (Fsp3) is 0.588. The number of pyridine rings is 1. The molecule has 8 nitrogen and oxygen atoms in total. The molecule has 0 aromatic carbocycles. The lowest BCUT2D eigenvalue weighted by Gasteiger charge is -2.35. The van der Waals surface area contributed by atoms with Crippen molar-refractivity contribution < 1.29 is 19.1 Å². The van der Waals surface area contributed by atoms with E-state index in [2.05, 4.69) is 10.6 Å². The van der Waals surface area contributed by atoms with E-state index in [-0.39, 0.29) is 11.6 Å². The number of fused-ring (bicyclic) bond motifs is 2. The van der Waals surface area contributed by atoms with Crippen molar-refractivity contribution >= 4 is 17.7 Å². The van der Waals surface area contributed by atoms with Crippen LogP contribution in [-0.4, -0.2) is 35.4 Å². The molecule has 2 amide bonds. The summed E-state index contributed by atoms with van der Waals surface area (Å²) in [5.41, 5.74) is -0.846. The first-order chi connectivity index (χ1) is 11.6. The quantitative estimate of drug-likeness (QED) is 0.804. The number of nitrogens with zero attached hydrogens (tertiary/aromatic N) is 1. The Morgan fingerprint density at radius 3 is 2.56 bits per heavy atom. The van der Waals surface area contributed by atoms with Gasteiger partial charge in [0.05, 0.1) is 13.2 Å². The highest BCUT2D eigenvalue weighted by Crippen LogP contribution is 2.33. The standard InChI is InChI=1S/C17H23N3O5/c1-10-9-11(18-15(23)25-16(2,3)4)14(22)20-12(10)13(21)19-17(20)5-7-24-8-6-17/h9H,5-8H2,1-4H3,(H,18,23)(H,19,21). The Morgan fingerprint density at radius 1 is 1.32 bits per heavy atom. The second-order valence-electron chi connectivity index (χ2n) is 7.46. The minimum atomic E-state index is -0.794. The van der Waals surface area contributed by atoms with Gasteiger partial charge in [0.15, 0.2) is 0 Å². The van der Waals surface area contributed by atoms with Gasteiger partial charge in [-0.3, -0.25) is 19.5 Å². The topological polar surface area (TPSA) is 98.7 Å². The first kappa shape index (κ1) is 17.5. The third-order valence-electron chi connectivity index (χ3n) is 4.34. The summed E-state index contributed by atoms with van der Waals surface area (Å²) in [6.45, 7) is 7.88. The summed E-state index contributed by atoms with van der Waals surface area (Å²) in [6, 6.07) is 1.51. The van der Waals surface area contributed by atoms with Gasteiger partial charge in [-0.25, -0.2) is 4.79 Å².